The molecule has 4 nitrogen and oxygen atoms in total. The molecule has 2 atom stereocenters. The maximum absolute atomic E-state index is 12.1. The van der Waals surface area contributed by atoms with Crippen molar-refractivity contribution in [3.05, 3.63) is 29.8 Å². The van der Waals surface area contributed by atoms with E-state index in [0.29, 0.717) is 12.5 Å². The molecule has 1 saturated heterocycles. The van der Waals surface area contributed by atoms with E-state index in [2.05, 4.69) is 23.2 Å². The lowest BCUT2D eigenvalue weighted by Crippen LogP contribution is -2.44. The minimum absolute atomic E-state index is 0.0471. The van der Waals surface area contributed by atoms with Crippen LogP contribution in [0.15, 0.2) is 24.3 Å². The summed E-state index contributed by atoms with van der Waals surface area (Å²) in [7, 11) is 0. The monoisotopic (exact) mass is 257 g/mol. The van der Waals surface area contributed by atoms with Crippen molar-refractivity contribution in [1.82, 2.24) is 5.32 Å². The zero-order valence-corrected chi connectivity index (χ0v) is 11.4. The molecule has 1 aromatic carbocycles. The van der Waals surface area contributed by atoms with Crippen LogP contribution in [0.1, 0.15) is 18.9 Å². The Morgan fingerprint density at radius 1 is 1.47 bits per heavy atom. The summed E-state index contributed by atoms with van der Waals surface area (Å²) >= 11 is 0. The molecule has 19 heavy (non-hydrogen) atoms. The average molecular weight is 257 g/mol. The number of carbonyl (C=O) groups excluding carboxylic acids is 1. The van der Waals surface area contributed by atoms with E-state index in [9.17, 15) is 4.79 Å². The molecule has 2 rings (SSSR count). The van der Waals surface area contributed by atoms with Crippen molar-refractivity contribution in [1.29, 1.82) is 5.26 Å². The number of benzene rings is 1. The zero-order valence-electron chi connectivity index (χ0n) is 11.4. The number of anilines is 1. The van der Waals surface area contributed by atoms with Crippen molar-refractivity contribution in [2.24, 2.45) is 5.92 Å². The van der Waals surface area contributed by atoms with Crippen molar-refractivity contribution in [3.63, 3.8) is 0 Å². The van der Waals surface area contributed by atoms with Crippen LogP contribution in [-0.2, 0) is 4.79 Å². The van der Waals surface area contributed by atoms with E-state index in [0.717, 1.165) is 17.8 Å². The summed E-state index contributed by atoms with van der Waals surface area (Å²) in [5, 5.41) is 11.9. The SMILES string of the molecule is Cc1ccccc1N1CC(C)CNC(=O)C1CC#N. The van der Waals surface area contributed by atoms with Gasteiger partial charge in [0, 0.05) is 18.8 Å². The third-order valence-electron chi connectivity index (χ3n) is 3.52. The molecule has 4 heteroatoms. The molecule has 1 heterocycles. The van der Waals surface area contributed by atoms with Crippen LogP contribution in [0.25, 0.3) is 0 Å². The highest BCUT2D eigenvalue weighted by Crippen LogP contribution is 2.25. The number of carbonyl (C=O) groups is 1. The molecule has 0 bridgehead atoms. The summed E-state index contributed by atoms with van der Waals surface area (Å²) in [5.74, 6) is 0.321. The second kappa shape index (κ2) is 5.75. The highest BCUT2D eigenvalue weighted by molar-refractivity contribution is 5.86. The normalized spacial score (nSPS) is 23.4. The smallest absolute Gasteiger partial charge is 0.243 e. The lowest BCUT2D eigenvalue weighted by molar-refractivity contribution is -0.122. The summed E-state index contributed by atoms with van der Waals surface area (Å²) < 4.78 is 0. The van der Waals surface area contributed by atoms with Gasteiger partial charge in [-0.2, -0.15) is 5.26 Å². The van der Waals surface area contributed by atoms with Crippen LogP contribution in [0.2, 0.25) is 0 Å². The number of rotatable bonds is 2. The average Bonchev–Trinajstić information content (AvgIpc) is 2.53. The van der Waals surface area contributed by atoms with Crippen molar-refractivity contribution < 1.29 is 4.79 Å². The number of para-hydroxylation sites is 1. The van der Waals surface area contributed by atoms with E-state index < -0.39 is 6.04 Å². The summed E-state index contributed by atoms with van der Waals surface area (Å²) in [5.41, 5.74) is 2.18. The van der Waals surface area contributed by atoms with Gasteiger partial charge in [-0.3, -0.25) is 4.79 Å². The van der Waals surface area contributed by atoms with Gasteiger partial charge in [-0.25, -0.2) is 0 Å². The molecule has 0 radical (unpaired) electrons. The van der Waals surface area contributed by atoms with Crippen molar-refractivity contribution in [3.8, 4) is 6.07 Å². The first-order chi connectivity index (χ1) is 9.13. The molecule has 1 amide bonds. The van der Waals surface area contributed by atoms with Gasteiger partial charge in [-0.1, -0.05) is 25.1 Å². The Morgan fingerprint density at radius 3 is 2.89 bits per heavy atom. The molecule has 1 aliphatic heterocycles. The maximum atomic E-state index is 12.1. The predicted molar refractivity (Wildman–Crippen MR) is 74.7 cm³/mol. The molecule has 1 fully saturated rings. The van der Waals surface area contributed by atoms with Crippen molar-refractivity contribution in [2.45, 2.75) is 26.3 Å². The van der Waals surface area contributed by atoms with E-state index in [4.69, 9.17) is 5.26 Å². The maximum Gasteiger partial charge on any atom is 0.243 e. The first-order valence-electron chi connectivity index (χ1n) is 6.60. The molecule has 2 unspecified atom stereocenters. The highest BCUT2D eigenvalue weighted by Gasteiger charge is 2.31. The van der Waals surface area contributed by atoms with Gasteiger partial charge >= 0.3 is 0 Å². The number of amides is 1. The topological polar surface area (TPSA) is 56.1 Å². The second-order valence-electron chi connectivity index (χ2n) is 5.17. The van der Waals surface area contributed by atoms with E-state index in [1.807, 2.05) is 31.2 Å². The molecular formula is C15H19N3O. The first-order valence-corrected chi connectivity index (χ1v) is 6.60. The largest absolute Gasteiger partial charge is 0.358 e. The van der Waals surface area contributed by atoms with Crippen LogP contribution in [-0.4, -0.2) is 25.0 Å². The lowest BCUT2D eigenvalue weighted by atomic mass is 10.1. The van der Waals surface area contributed by atoms with Crippen LogP contribution in [0.4, 0.5) is 5.69 Å². The quantitative estimate of drug-likeness (QED) is 0.879. The molecule has 0 spiro atoms. The van der Waals surface area contributed by atoms with Gasteiger partial charge in [0.15, 0.2) is 0 Å². The van der Waals surface area contributed by atoms with Gasteiger partial charge < -0.3 is 10.2 Å². The standard InChI is InChI=1S/C15H19N3O/c1-11-9-17-15(19)14(7-8-16)18(10-11)13-6-4-3-5-12(13)2/h3-6,11,14H,7,9-10H2,1-2H3,(H,17,19). The molecule has 0 aliphatic carbocycles. The van der Waals surface area contributed by atoms with E-state index in [1.54, 1.807) is 0 Å². The molecule has 100 valence electrons. The zero-order chi connectivity index (χ0) is 13.8. The minimum atomic E-state index is -0.393. The lowest BCUT2D eigenvalue weighted by Gasteiger charge is -2.31. The number of hydrogen-bond donors (Lipinski definition) is 1. The summed E-state index contributed by atoms with van der Waals surface area (Å²) in [4.78, 5) is 14.2. The molecule has 1 N–H and O–H groups in total. The van der Waals surface area contributed by atoms with Crippen LogP contribution < -0.4 is 10.2 Å². The van der Waals surface area contributed by atoms with E-state index in [1.165, 1.54) is 0 Å². The Bertz CT molecular complexity index is 506. The molecule has 1 aliphatic rings. The van der Waals surface area contributed by atoms with Crippen molar-refractivity contribution in [2.75, 3.05) is 18.0 Å². The number of nitriles is 1. The highest BCUT2D eigenvalue weighted by atomic mass is 16.2. The predicted octanol–water partition coefficient (Wildman–Crippen LogP) is 1.85. The summed E-state index contributed by atoms with van der Waals surface area (Å²) in [6, 6.07) is 9.74. The van der Waals surface area contributed by atoms with Gasteiger partial charge in [0.25, 0.3) is 0 Å². The Hall–Kier alpha value is -2.02. The van der Waals surface area contributed by atoms with Crippen LogP contribution in [0.5, 0.6) is 0 Å². The van der Waals surface area contributed by atoms with Gasteiger partial charge in [0.05, 0.1) is 12.5 Å². The van der Waals surface area contributed by atoms with Gasteiger partial charge in [0.2, 0.25) is 5.91 Å². The second-order valence-corrected chi connectivity index (χ2v) is 5.17. The fraction of sp³-hybridized carbons (Fsp3) is 0.467. The Morgan fingerprint density at radius 2 is 2.21 bits per heavy atom. The summed E-state index contributed by atoms with van der Waals surface area (Å²) in [6.45, 7) is 5.60. The first kappa shape index (κ1) is 13.4. The number of nitrogens with zero attached hydrogens (tertiary/aromatic N) is 2. The molecule has 0 saturated carbocycles. The third kappa shape index (κ3) is 2.87. The third-order valence-corrected chi connectivity index (χ3v) is 3.52. The molecular weight excluding hydrogens is 238 g/mol. The number of nitrogens with one attached hydrogen (secondary N) is 1. The fourth-order valence-electron chi connectivity index (χ4n) is 2.50. The van der Waals surface area contributed by atoms with Gasteiger partial charge in [-0.05, 0) is 24.5 Å². The van der Waals surface area contributed by atoms with Gasteiger partial charge in [0.1, 0.15) is 6.04 Å². The number of aryl methyl sites for hydroxylation is 1. The molecule has 1 aromatic rings. The van der Waals surface area contributed by atoms with Crippen molar-refractivity contribution >= 4 is 11.6 Å². The van der Waals surface area contributed by atoms with E-state index in [-0.39, 0.29) is 12.3 Å². The summed E-state index contributed by atoms with van der Waals surface area (Å²) in [6.07, 6.45) is 0.215. The van der Waals surface area contributed by atoms with Gasteiger partial charge in [-0.15, -0.1) is 0 Å². The van der Waals surface area contributed by atoms with Crippen LogP contribution in [0.3, 0.4) is 0 Å². The Balaban J connectivity index is 2.39. The fourth-order valence-corrected chi connectivity index (χ4v) is 2.50. The van der Waals surface area contributed by atoms with Crippen LogP contribution in [0, 0.1) is 24.2 Å². The number of hydrogen-bond acceptors (Lipinski definition) is 3. The molecule has 0 aromatic heterocycles. The Kier molecular flexibility index (Phi) is 4.06. The van der Waals surface area contributed by atoms with Crippen LogP contribution >= 0.6 is 0 Å². The Labute approximate surface area is 114 Å². The minimum Gasteiger partial charge on any atom is -0.358 e. The van der Waals surface area contributed by atoms with E-state index >= 15 is 0 Å².